The Bertz CT molecular complexity index is 339. The van der Waals surface area contributed by atoms with Crippen molar-refractivity contribution in [1.82, 2.24) is 4.90 Å². The van der Waals surface area contributed by atoms with Crippen LogP contribution in [-0.4, -0.2) is 50.4 Å². The highest BCUT2D eigenvalue weighted by Gasteiger charge is 2.29. The zero-order valence-corrected chi connectivity index (χ0v) is 9.96. The summed E-state index contributed by atoms with van der Waals surface area (Å²) in [4.78, 5) is 13.1. The van der Waals surface area contributed by atoms with Crippen molar-refractivity contribution in [3.05, 3.63) is 0 Å². The number of sulfone groups is 1. The second-order valence-corrected chi connectivity index (χ2v) is 6.57. The first-order chi connectivity index (χ1) is 6.79. The Balaban J connectivity index is 2.52. The molecule has 0 spiro atoms. The van der Waals surface area contributed by atoms with Gasteiger partial charge in [-0.1, -0.05) is 6.92 Å². The molecule has 1 aliphatic rings. The number of hydrogen-bond donors (Lipinski definition) is 1. The van der Waals surface area contributed by atoms with Crippen LogP contribution in [0.3, 0.4) is 0 Å². The van der Waals surface area contributed by atoms with Gasteiger partial charge >= 0.3 is 0 Å². The molecular weight excluding hydrogens is 216 g/mol. The predicted octanol–water partition coefficient (Wildman–Crippen LogP) is -0.773. The van der Waals surface area contributed by atoms with Gasteiger partial charge in [0, 0.05) is 31.8 Å². The third-order valence-corrected chi connectivity index (χ3v) is 3.67. The van der Waals surface area contributed by atoms with Gasteiger partial charge in [0.25, 0.3) is 0 Å². The Kier molecular flexibility index (Phi) is 3.72. The summed E-state index contributed by atoms with van der Waals surface area (Å²) in [6.45, 7) is 2.67. The van der Waals surface area contributed by atoms with Gasteiger partial charge in [0.2, 0.25) is 5.91 Å². The van der Waals surface area contributed by atoms with Crippen LogP contribution in [0.2, 0.25) is 0 Å². The lowest BCUT2D eigenvalue weighted by Crippen LogP contribution is -2.51. The lowest BCUT2D eigenvalue weighted by atomic mass is 9.94. The van der Waals surface area contributed by atoms with Crippen molar-refractivity contribution in [3.8, 4) is 0 Å². The molecule has 88 valence electrons. The fraction of sp³-hybridized carbons (Fsp3) is 0.889. The molecule has 0 aliphatic carbocycles. The van der Waals surface area contributed by atoms with Gasteiger partial charge in [-0.15, -0.1) is 0 Å². The first kappa shape index (κ1) is 12.4. The van der Waals surface area contributed by atoms with Gasteiger partial charge < -0.3 is 10.6 Å². The zero-order chi connectivity index (χ0) is 11.6. The van der Waals surface area contributed by atoms with Crippen LogP contribution in [0.15, 0.2) is 0 Å². The summed E-state index contributed by atoms with van der Waals surface area (Å²) in [5.41, 5.74) is 5.83. The van der Waals surface area contributed by atoms with E-state index in [-0.39, 0.29) is 30.2 Å². The molecule has 0 aromatic heterocycles. The molecule has 1 saturated heterocycles. The molecule has 2 unspecified atom stereocenters. The van der Waals surface area contributed by atoms with Crippen LogP contribution in [0, 0.1) is 5.92 Å². The highest BCUT2D eigenvalue weighted by atomic mass is 32.2. The number of carbonyl (C=O) groups is 1. The lowest BCUT2D eigenvalue weighted by molar-refractivity contribution is -0.135. The number of nitrogens with two attached hydrogens (primary N) is 1. The van der Waals surface area contributed by atoms with Gasteiger partial charge in [-0.3, -0.25) is 4.79 Å². The summed E-state index contributed by atoms with van der Waals surface area (Å²) >= 11 is 0. The van der Waals surface area contributed by atoms with Gasteiger partial charge in [-0.05, 0) is 5.92 Å². The van der Waals surface area contributed by atoms with Crippen LogP contribution in [0.1, 0.15) is 13.3 Å². The highest BCUT2D eigenvalue weighted by Crippen LogP contribution is 2.16. The van der Waals surface area contributed by atoms with E-state index in [2.05, 4.69) is 0 Å². The zero-order valence-electron chi connectivity index (χ0n) is 9.14. The quantitative estimate of drug-likeness (QED) is 0.695. The maximum atomic E-state index is 11.5. The number of piperidine rings is 1. The molecule has 2 N–H and O–H groups in total. The summed E-state index contributed by atoms with van der Waals surface area (Å²) in [5.74, 6) is 0.208. The van der Waals surface area contributed by atoms with Crippen LogP contribution in [-0.2, 0) is 14.6 Å². The Morgan fingerprint density at radius 1 is 1.53 bits per heavy atom. The minimum Gasteiger partial charge on any atom is -0.340 e. The first-order valence-electron chi connectivity index (χ1n) is 5.00. The van der Waals surface area contributed by atoms with E-state index in [9.17, 15) is 13.2 Å². The van der Waals surface area contributed by atoms with Crippen LogP contribution < -0.4 is 5.73 Å². The van der Waals surface area contributed by atoms with Crippen molar-refractivity contribution in [3.63, 3.8) is 0 Å². The summed E-state index contributed by atoms with van der Waals surface area (Å²) in [6, 6.07) is -0.0396. The third kappa shape index (κ3) is 3.79. The number of amides is 1. The van der Waals surface area contributed by atoms with Crippen LogP contribution in [0.5, 0.6) is 0 Å². The number of carbonyl (C=O) groups excluding carboxylic acids is 1. The smallest absolute Gasteiger partial charge is 0.222 e. The highest BCUT2D eigenvalue weighted by molar-refractivity contribution is 7.90. The first-order valence-corrected chi connectivity index (χ1v) is 7.07. The topological polar surface area (TPSA) is 80.5 Å². The fourth-order valence-electron chi connectivity index (χ4n) is 1.58. The number of likely N-dealkylation sites (tertiary alicyclic amines) is 1. The average molecular weight is 234 g/mol. The van der Waals surface area contributed by atoms with E-state index in [1.54, 1.807) is 4.90 Å². The molecule has 1 rings (SSSR count). The van der Waals surface area contributed by atoms with E-state index in [1.165, 1.54) is 6.26 Å². The van der Waals surface area contributed by atoms with E-state index in [4.69, 9.17) is 5.73 Å². The molecule has 0 saturated carbocycles. The summed E-state index contributed by atoms with van der Waals surface area (Å²) in [5, 5.41) is 0. The van der Waals surface area contributed by atoms with Gasteiger partial charge in [0.15, 0.2) is 0 Å². The Hall–Kier alpha value is -0.620. The SMILES string of the molecule is CC1CC(=O)N(CCS(C)(=O)=O)CC1N. The Morgan fingerprint density at radius 2 is 2.13 bits per heavy atom. The van der Waals surface area contributed by atoms with Gasteiger partial charge in [0.05, 0.1) is 5.75 Å². The largest absolute Gasteiger partial charge is 0.340 e. The summed E-state index contributed by atoms with van der Waals surface area (Å²) in [6.07, 6.45) is 1.59. The molecule has 1 fully saturated rings. The van der Waals surface area contributed by atoms with Crippen LogP contribution in [0.25, 0.3) is 0 Å². The normalized spacial score (nSPS) is 28.2. The van der Waals surface area contributed by atoms with Gasteiger partial charge in [-0.2, -0.15) is 0 Å². The molecule has 2 atom stereocenters. The van der Waals surface area contributed by atoms with E-state index >= 15 is 0 Å². The average Bonchev–Trinajstić information content (AvgIpc) is 2.07. The molecule has 0 bridgehead atoms. The molecule has 15 heavy (non-hydrogen) atoms. The van der Waals surface area contributed by atoms with E-state index in [0.717, 1.165) is 0 Å². The standard InChI is InChI=1S/C9H18N2O3S/c1-7-5-9(12)11(6-8(7)10)3-4-15(2,13)14/h7-8H,3-6,10H2,1-2H3. The number of hydrogen-bond acceptors (Lipinski definition) is 4. The molecule has 1 amide bonds. The van der Waals surface area contributed by atoms with E-state index < -0.39 is 9.84 Å². The molecule has 1 heterocycles. The lowest BCUT2D eigenvalue weighted by Gasteiger charge is -2.34. The maximum absolute atomic E-state index is 11.5. The molecule has 0 radical (unpaired) electrons. The van der Waals surface area contributed by atoms with Crippen molar-refractivity contribution in [2.45, 2.75) is 19.4 Å². The predicted molar refractivity (Wildman–Crippen MR) is 58.0 cm³/mol. The van der Waals surface area contributed by atoms with Crippen molar-refractivity contribution in [2.24, 2.45) is 11.7 Å². The second-order valence-electron chi connectivity index (χ2n) is 4.31. The van der Waals surface area contributed by atoms with Crippen molar-refractivity contribution < 1.29 is 13.2 Å². The molecule has 0 aromatic rings. The molecule has 1 aliphatic heterocycles. The minimum absolute atomic E-state index is 0.00727. The summed E-state index contributed by atoms with van der Waals surface area (Å²) < 4.78 is 21.9. The van der Waals surface area contributed by atoms with Crippen molar-refractivity contribution in [2.75, 3.05) is 25.1 Å². The van der Waals surface area contributed by atoms with Crippen molar-refractivity contribution in [1.29, 1.82) is 0 Å². The maximum Gasteiger partial charge on any atom is 0.222 e. The Labute approximate surface area is 90.5 Å². The second kappa shape index (κ2) is 4.49. The molecular formula is C9H18N2O3S. The number of rotatable bonds is 3. The van der Waals surface area contributed by atoms with Gasteiger partial charge in [-0.25, -0.2) is 8.42 Å². The third-order valence-electron chi connectivity index (χ3n) is 2.74. The molecule has 6 heteroatoms. The molecule has 5 nitrogen and oxygen atoms in total. The van der Waals surface area contributed by atoms with Gasteiger partial charge in [0.1, 0.15) is 9.84 Å². The fourth-order valence-corrected chi connectivity index (χ4v) is 2.14. The summed E-state index contributed by atoms with van der Waals surface area (Å²) in [7, 11) is -3.01. The van der Waals surface area contributed by atoms with Crippen LogP contribution in [0.4, 0.5) is 0 Å². The van der Waals surface area contributed by atoms with Crippen LogP contribution >= 0.6 is 0 Å². The van der Waals surface area contributed by atoms with Crippen molar-refractivity contribution >= 4 is 15.7 Å². The minimum atomic E-state index is -3.01. The Morgan fingerprint density at radius 3 is 2.67 bits per heavy atom. The van der Waals surface area contributed by atoms with E-state index in [0.29, 0.717) is 13.0 Å². The monoisotopic (exact) mass is 234 g/mol. The molecule has 0 aromatic carbocycles. The van der Waals surface area contributed by atoms with E-state index in [1.807, 2.05) is 6.92 Å². The number of nitrogens with zero attached hydrogens (tertiary/aromatic N) is 1.